The van der Waals surface area contributed by atoms with Crippen LogP contribution in [0.1, 0.15) is 42.2 Å². The van der Waals surface area contributed by atoms with Crippen LogP contribution in [-0.4, -0.2) is 19.3 Å². The molecule has 3 rings (SSSR count). The van der Waals surface area contributed by atoms with Crippen molar-refractivity contribution in [1.29, 1.82) is 0 Å². The topological polar surface area (TPSA) is 37.4 Å². The lowest BCUT2D eigenvalue weighted by molar-refractivity contribution is 0.333. The lowest BCUT2D eigenvalue weighted by Gasteiger charge is -2.28. The highest BCUT2D eigenvalue weighted by atomic mass is 35.5. The van der Waals surface area contributed by atoms with Crippen molar-refractivity contribution in [2.75, 3.05) is 6.54 Å². The maximum absolute atomic E-state index is 13.1. The molecule has 0 N–H and O–H groups in total. The number of hydrogen-bond donors (Lipinski definition) is 0. The van der Waals surface area contributed by atoms with Gasteiger partial charge in [0.1, 0.15) is 4.21 Å². The van der Waals surface area contributed by atoms with E-state index < -0.39 is 10.0 Å². The third-order valence-corrected chi connectivity index (χ3v) is 8.75. The summed E-state index contributed by atoms with van der Waals surface area (Å²) in [4.78, 5) is 1.17. The first-order chi connectivity index (χ1) is 10.5. The standard InChI is InChI=1S/C15H18ClNO2S3/c1-11-8-10-20-15(11)12-5-3-2-4-9-17(12)22(18,19)14-7-6-13(16)21-14/h6-8,10,12H,2-5,9H2,1H3/t12-/m1/s1. The first-order valence-electron chi connectivity index (χ1n) is 7.31. The molecule has 22 heavy (non-hydrogen) atoms. The Balaban J connectivity index is 2.02. The van der Waals surface area contributed by atoms with Crippen LogP contribution in [0.4, 0.5) is 0 Å². The van der Waals surface area contributed by atoms with Gasteiger partial charge in [0.2, 0.25) is 0 Å². The number of nitrogens with zero attached hydrogens (tertiary/aromatic N) is 1. The van der Waals surface area contributed by atoms with Gasteiger partial charge in [0.05, 0.1) is 10.4 Å². The minimum atomic E-state index is -3.48. The van der Waals surface area contributed by atoms with Crippen LogP contribution < -0.4 is 0 Å². The summed E-state index contributed by atoms with van der Waals surface area (Å²) < 4.78 is 28.7. The SMILES string of the molecule is Cc1ccsc1[C@H]1CCCCCN1S(=O)(=O)c1ccc(Cl)s1. The molecule has 0 aliphatic carbocycles. The predicted octanol–water partition coefficient (Wildman–Crippen LogP) is 5.08. The van der Waals surface area contributed by atoms with E-state index in [-0.39, 0.29) is 6.04 Å². The molecule has 1 aliphatic heterocycles. The van der Waals surface area contributed by atoms with Crippen molar-refractivity contribution < 1.29 is 8.42 Å². The highest BCUT2D eigenvalue weighted by Crippen LogP contribution is 2.39. The predicted molar refractivity (Wildman–Crippen MR) is 93.5 cm³/mol. The molecule has 7 heteroatoms. The maximum Gasteiger partial charge on any atom is 0.253 e. The molecule has 2 aromatic rings. The highest BCUT2D eigenvalue weighted by molar-refractivity contribution is 7.91. The first kappa shape index (κ1) is 16.5. The molecule has 0 spiro atoms. The molecule has 1 atom stereocenters. The molecule has 120 valence electrons. The molecule has 0 unspecified atom stereocenters. The molecule has 1 aliphatic rings. The average molecular weight is 376 g/mol. The Bertz CT molecular complexity index is 750. The normalized spacial score (nSPS) is 20.9. The van der Waals surface area contributed by atoms with E-state index in [4.69, 9.17) is 11.6 Å². The third kappa shape index (κ3) is 3.12. The molecule has 0 radical (unpaired) electrons. The van der Waals surface area contributed by atoms with Crippen LogP contribution in [0.25, 0.3) is 0 Å². The molecule has 1 fully saturated rings. The second-order valence-corrected chi connectivity index (χ2v) is 10.3. The Morgan fingerprint density at radius 2 is 2.05 bits per heavy atom. The Morgan fingerprint density at radius 1 is 1.23 bits per heavy atom. The Kier molecular flexibility index (Phi) is 4.95. The highest BCUT2D eigenvalue weighted by Gasteiger charge is 2.35. The van der Waals surface area contributed by atoms with Gasteiger partial charge in [-0.2, -0.15) is 4.31 Å². The van der Waals surface area contributed by atoms with Gasteiger partial charge in [0.15, 0.2) is 0 Å². The fourth-order valence-corrected chi connectivity index (χ4v) is 7.33. The summed E-state index contributed by atoms with van der Waals surface area (Å²) in [5.74, 6) is 0. The summed E-state index contributed by atoms with van der Waals surface area (Å²) in [5.41, 5.74) is 1.18. The van der Waals surface area contributed by atoms with E-state index in [2.05, 4.69) is 13.0 Å². The summed E-state index contributed by atoms with van der Waals surface area (Å²) in [6, 6.07) is 5.29. The van der Waals surface area contributed by atoms with E-state index in [0.717, 1.165) is 37.0 Å². The largest absolute Gasteiger partial charge is 0.253 e. The van der Waals surface area contributed by atoms with E-state index in [0.29, 0.717) is 15.1 Å². The summed E-state index contributed by atoms with van der Waals surface area (Å²) in [5, 5.41) is 2.04. The van der Waals surface area contributed by atoms with Crippen LogP contribution in [0, 0.1) is 6.92 Å². The van der Waals surface area contributed by atoms with Gasteiger partial charge in [-0.15, -0.1) is 22.7 Å². The fourth-order valence-electron chi connectivity index (χ4n) is 2.91. The zero-order valence-corrected chi connectivity index (χ0v) is 15.5. The Hall–Kier alpha value is -0.400. The molecule has 0 bridgehead atoms. The van der Waals surface area contributed by atoms with Crippen molar-refractivity contribution in [3.05, 3.63) is 38.4 Å². The number of aryl methyl sites for hydroxylation is 1. The van der Waals surface area contributed by atoms with Crippen LogP contribution in [0.5, 0.6) is 0 Å². The lowest BCUT2D eigenvalue weighted by Crippen LogP contribution is -2.34. The summed E-state index contributed by atoms with van der Waals surface area (Å²) in [6.45, 7) is 2.64. The number of sulfonamides is 1. The monoisotopic (exact) mass is 375 g/mol. The zero-order chi connectivity index (χ0) is 15.7. The quantitative estimate of drug-likeness (QED) is 0.750. The molecule has 1 saturated heterocycles. The zero-order valence-electron chi connectivity index (χ0n) is 12.3. The fraction of sp³-hybridized carbons (Fsp3) is 0.467. The van der Waals surface area contributed by atoms with Crippen molar-refractivity contribution in [3.63, 3.8) is 0 Å². The van der Waals surface area contributed by atoms with Crippen molar-refractivity contribution in [2.45, 2.75) is 42.9 Å². The smallest absolute Gasteiger partial charge is 0.206 e. The van der Waals surface area contributed by atoms with Gasteiger partial charge in [-0.25, -0.2) is 8.42 Å². The number of hydrogen-bond acceptors (Lipinski definition) is 4. The van der Waals surface area contributed by atoms with E-state index >= 15 is 0 Å². The van der Waals surface area contributed by atoms with E-state index in [1.54, 1.807) is 27.8 Å². The van der Waals surface area contributed by atoms with Crippen LogP contribution in [0.3, 0.4) is 0 Å². The van der Waals surface area contributed by atoms with Gasteiger partial charge in [-0.1, -0.05) is 24.4 Å². The first-order valence-corrected chi connectivity index (χ1v) is 10.8. The summed E-state index contributed by atoms with van der Waals surface area (Å²) in [7, 11) is -3.48. The molecule has 0 amide bonds. The van der Waals surface area contributed by atoms with Crippen LogP contribution in [0.2, 0.25) is 4.34 Å². The molecule has 3 nitrogen and oxygen atoms in total. The third-order valence-electron chi connectivity index (χ3n) is 4.02. The molecule has 3 heterocycles. The van der Waals surface area contributed by atoms with Gasteiger partial charge in [-0.3, -0.25) is 0 Å². The van der Waals surface area contributed by atoms with E-state index in [9.17, 15) is 8.42 Å². The van der Waals surface area contributed by atoms with Crippen LogP contribution >= 0.6 is 34.3 Å². The van der Waals surface area contributed by atoms with Gasteiger partial charge < -0.3 is 0 Å². The van der Waals surface area contributed by atoms with Gasteiger partial charge in [0, 0.05) is 11.4 Å². The van der Waals surface area contributed by atoms with Gasteiger partial charge in [0.25, 0.3) is 10.0 Å². The summed E-state index contributed by atoms with van der Waals surface area (Å²) in [6.07, 6.45) is 3.95. The van der Waals surface area contributed by atoms with Crippen molar-refractivity contribution in [1.82, 2.24) is 4.31 Å². The molecular formula is C15H18ClNO2S3. The minimum Gasteiger partial charge on any atom is -0.206 e. The lowest BCUT2D eigenvalue weighted by atomic mass is 10.1. The average Bonchev–Trinajstić information content (AvgIpc) is 3.01. The van der Waals surface area contributed by atoms with Crippen molar-refractivity contribution in [3.8, 4) is 0 Å². The minimum absolute atomic E-state index is 0.0478. The molecular weight excluding hydrogens is 358 g/mol. The molecule has 2 aromatic heterocycles. The number of rotatable bonds is 3. The van der Waals surface area contributed by atoms with Crippen molar-refractivity contribution >= 4 is 44.3 Å². The second kappa shape index (κ2) is 6.61. The number of halogens is 1. The summed E-state index contributed by atoms with van der Waals surface area (Å²) >= 11 is 8.73. The van der Waals surface area contributed by atoms with Gasteiger partial charge >= 0.3 is 0 Å². The molecule has 0 aromatic carbocycles. The Labute approximate surface area is 144 Å². The molecule has 0 saturated carbocycles. The van der Waals surface area contributed by atoms with E-state index in [1.165, 1.54) is 10.4 Å². The second-order valence-electron chi connectivity index (χ2n) is 5.51. The van der Waals surface area contributed by atoms with Crippen LogP contribution in [0.15, 0.2) is 27.8 Å². The number of thiophene rings is 2. The Morgan fingerprint density at radius 3 is 2.68 bits per heavy atom. The van der Waals surface area contributed by atoms with Crippen molar-refractivity contribution in [2.24, 2.45) is 0 Å². The maximum atomic E-state index is 13.1. The van der Waals surface area contributed by atoms with Gasteiger partial charge in [-0.05, 0) is 48.9 Å². The van der Waals surface area contributed by atoms with Crippen LogP contribution in [-0.2, 0) is 10.0 Å². The van der Waals surface area contributed by atoms with E-state index in [1.807, 2.05) is 5.38 Å².